The molecule has 0 aliphatic carbocycles. The molecule has 0 radical (unpaired) electrons. The SMILES string of the molecule is CCC(=O)Nc1cc(NC(=O)N[C@H]2COC[C@@H]2N2CCOCC2)ccc1C. The first kappa shape index (κ1) is 19.6. The summed E-state index contributed by atoms with van der Waals surface area (Å²) in [6.07, 6.45) is 0.405. The maximum absolute atomic E-state index is 12.5. The van der Waals surface area contributed by atoms with Crippen molar-refractivity contribution in [1.29, 1.82) is 0 Å². The number of hydrogen-bond donors (Lipinski definition) is 3. The van der Waals surface area contributed by atoms with E-state index in [2.05, 4.69) is 20.9 Å². The zero-order valence-electron chi connectivity index (χ0n) is 15.9. The third-order valence-corrected chi connectivity index (χ3v) is 4.97. The molecule has 0 saturated carbocycles. The first-order valence-electron chi connectivity index (χ1n) is 9.44. The summed E-state index contributed by atoms with van der Waals surface area (Å²) in [5.74, 6) is -0.0591. The van der Waals surface area contributed by atoms with Crippen molar-refractivity contribution < 1.29 is 19.1 Å². The minimum Gasteiger partial charge on any atom is -0.379 e. The molecule has 1 aromatic carbocycles. The van der Waals surface area contributed by atoms with E-state index in [0.717, 1.165) is 18.7 Å². The quantitative estimate of drug-likeness (QED) is 0.725. The molecule has 1 aromatic rings. The molecule has 0 spiro atoms. The summed E-state index contributed by atoms with van der Waals surface area (Å²) in [5.41, 5.74) is 2.28. The molecule has 0 aromatic heterocycles. The molecule has 0 unspecified atom stereocenters. The minimum atomic E-state index is -0.277. The molecular weight excluding hydrogens is 348 g/mol. The molecule has 2 fully saturated rings. The Balaban J connectivity index is 1.58. The largest absolute Gasteiger partial charge is 0.379 e. The van der Waals surface area contributed by atoms with E-state index in [1.165, 1.54) is 0 Å². The number of nitrogens with zero attached hydrogens (tertiary/aromatic N) is 1. The Morgan fingerprint density at radius 2 is 1.93 bits per heavy atom. The van der Waals surface area contributed by atoms with Crippen molar-refractivity contribution >= 4 is 23.3 Å². The zero-order valence-corrected chi connectivity index (χ0v) is 15.9. The standard InChI is InChI=1S/C19H28N4O4/c1-3-18(24)21-15-10-14(5-4-13(15)2)20-19(25)22-16-11-27-12-17(16)23-6-8-26-9-7-23/h4-5,10,16-17H,3,6-9,11-12H2,1-2H3,(H,21,24)(H2,20,22,25)/t16-,17-/m0/s1. The van der Waals surface area contributed by atoms with Crippen LogP contribution in [-0.2, 0) is 14.3 Å². The number of ether oxygens (including phenoxy) is 2. The molecule has 3 N–H and O–H groups in total. The molecule has 2 atom stereocenters. The number of carbonyl (C=O) groups excluding carboxylic acids is 2. The van der Waals surface area contributed by atoms with Crippen molar-refractivity contribution in [2.24, 2.45) is 0 Å². The number of urea groups is 1. The van der Waals surface area contributed by atoms with Gasteiger partial charge in [0, 0.05) is 30.9 Å². The smallest absolute Gasteiger partial charge is 0.319 e. The number of aryl methyl sites for hydroxylation is 1. The first-order chi connectivity index (χ1) is 13.1. The fraction of sp³-hybridized carbons (Fsp3) is 0.579. The first-order valence-corrected chi connectivity index (χ1v) is 9.44. The summed E-state index contributed by atoms with van der Waals surface area (Å²) in [6, 6.07) is 5.29. The minimum absolute atomic E-state index is 0.0591. The molecule has 2 heterocycles. The lowest BCUT2D eigenvalue weighted by Crippen LogP contribution is -2.54. The molecule has 27 heavy (non-hydrogen) atoms. The van der Waals surface area contributed by atoms with Gasteiger partial charge in [0.2, 0.25) is 5.91 Å². The molecule has 3 rings (SSSR count). The highest BCUT2D eigenvalue weighted by Gasteiger charge is 2.34. The van der Waals surface area contributed by atoms with Gasteiger partial charge in [-0.05, 0) is 24.6 Å². The lowest BCUT2D eigenvalue weighted by molar-refractivity contribution is -0.115. The lowest BCUT2D eigenvalue weighted by Gasteiger charge is -2.34. The highest BCUT2D eigenvalue weighted by Crippen LogP contribution is 2.21. The Labute approximate surface area is 159 Å². The van der Waals surface area contributed by atoms with Gasteiger partial charge in [-0.15, -0.1) is 0 Å². The van der Waals surface area contributed by atoms with Gasteiger partial charge in [-0.25, -0.2) is 4.79 Å². The highest BCUT2D eigenvalue weighted by molar-refractivity contribution is 5.94. The Morgan fingerprint density at radius 3 is 2.67 bits per heavy atom. The van der Waals surface area contributed by atoms with Crippen LogP contribution in [0.5, 0.6) is 0 Å². The molecule has 3 amide bonds. The average Bonchev–Trinajstić information content (AvgIpc) is 3.13. The van der Waals surface area contributed by atoms with E-state index in [1.807, 2.05) is 19.1 Å². The Bertz CT molecular complexity index is 676. The van der Waals surface area contributed by atoms with Crippen LogP contribution in [0.3, 0.4) is 0 Å². The second-order valence-electron chi connectivity index (χ2n) is 6.89. The van der Waals surface area contributed by atoms with E-state index in [4.69, 9.17) is 9.47 Å². The fourth-order valence-electron chi connectivity index (χ4n) is 3.36. The van der Waals surface area contributed by atoms with Crippen LogP contribution in [0.1, 0.15) is 18.9 Å². The van der Waals surface area contributed by atoms with Crippen LogP contribution < -0.4 is 16.0 Å². The number of morpholine rings is 1. The topological polar surface area (TPSA) is 91.9 Å². The van der Waals surface area contributed by atoms with Gasteiger partial charge in [0.05, 0.1) is 38.5 Å². The lowest BCUT2D eigenvalue weighted by atomic mass is 10.1. The van der Waals surface area contributed by atoms with Gasteiger partial charge in [0.25, 0.3) is 0 Å². The third kappa shape index (κ3) is 5.18. The van der Waals surface area contributed by atoms with E-state index < -0.39 is 0 Å². The number of benzene rings is 1. The van der Waals surface area contributed by atoms with Gasteiger partial charge in [0.15, 0.2) is 0 Å². The molecule has 8 heteroatoms. The number of anilines is 2. The van der Waals surface area contributed by atoms with Crippen molar-refractivity contribution in [2.75, 3.05) is 50.2 Å². The molecule has 2 aliphatic rings. The molecule has 148 valence electrons. The van der Waals surface area contributed by atoms with Crippen LogP contribution in [0.25, 0.3) is 0 Å². The monoisotopic (exact) mass is 376 g/mol. The third-order valence-electron chi connectivity index (χ3n) is 4.97. The van der Waals surface area contributed by atoms with E-state index in [0.29, 0.717) is 44.2 Å². The van der Waals surface area contributed by atoms with Gasteiger partial charge in [-0.3, -0.25) is 9.69 Å². The van der Waals surface area contributed by atoms with Crippen molar-refractivity contribution in [1.82, 2.24) is 10.2 Å². The van der Waals surface area contributed by atoms with E-state index in [-0.39, 0.29) is 24.0 Å². The summed E-state index contributed by atoms with van der Waals surface area (Å²) in [4.78, 5) is 26.4. The highest BCUT2D eigenvalue weighted by atomic mass is 16.5. The van der Waals surface area contributed by atoms with E-state index in [1.54, 1.807) is 13.0 Å². The van der Waals surface area contributed by atoms with Gasteiger partial charge in [0.1, 0.15) is 0 Å². The van der Waals surface area contributed by atoms with Crippen molar-refractivity contribution in [3.05, 3.63) is 23.8 Å². The van der Waals surface area contributed by atoms with Gasteiger partial charge in [-0.1, -0.05) is 13.0 Å². The number of rotatable bonds is 5. The normalized spacial score (nSPS) is 23.0. The molecule has 0 bridgehead atoms. The summed E-state index contributed by atoms with van der Waals surface area (Å²) in [6.45, 7) is 7.96. The Morgan fingerprint density at radius 1 is 1.15 bits per heavy atom. The summed E-state index contributed by atoms with van der Waals surface area (Å²) in [7, 11) is 0. The predicted octanol–water partition coefficient (Wildman–Crippen LogP) is 1.56. The van der Waals surface area contributed by atoms with Crippen LogP contribution in [-0.4, -0.2) is 68.4 Å². The number of hydrogen-bond acceptors (Lipinski definition) is 5. The zero-order chi connectivity index (χ0) is 19.2. The van der Waals surface area contributed by atoms with Crippen molar-refractivity contribution in [3.63, 3.8) is 0 Å². The average molecular weight is 376 g/mol. The van der Waals surface area contributed by atoms with Crippen LogP contribution in [0.2, 0.25) is 0 Å². The van der Waals surface area contributed by atoms with Crippen LogP contribution in [0.4, 0.5) is 16.2 Å². The summed E-state index contributed by atoms with van der Waals surface area (Å²) < 4.78 is 11.0. The Hall–Kier alpha value is -2.16. The van der Waals surface area contributed by atoms with Gasteiger partial charge in [-0.2, -0.15) is 0 Å². The van der Waals surface area contributed by atoms with Crippen LogP contribution >= 0.6 is 0 Å². The van der Waals surface area contributed by atoms with E-state index >= 15 is 0 Å². The maximum Gasteiger partial charge on any atom is 0.319 e. The maximum atomic E-state index is 12.5. The summed E-state index contributed by atoms with van der Waals surface area (Å²) >= 11 is 0. The molecule has 2 aliphatic heterocycles. The van der Waals surface area contributed by atoms with Gasteiger partial charge < -0.3 is 25.4 Å². The summed E-state index contributed by atoms with van der Waals surface area (Å²) in [5, 5.41) is 8.71. The van der Waals surface area contributed by atoms with Crippen LogP contribution in [0.15, 0.2) is 18.2 Å². The Kier molecular flexibility index (Phi) is 6.65. The predicted molar refractivity (Wildman–Crippen MR) is 103 cm³/mol. The molecule has 8 nitrogen and oxygen atoms in total. The number of carbonyl (C=O) groups is 2. The number of nitrogens with one attached hydrogen (secondary N) is 3. The second kappa shape index (κ2) is 9.16. The second-order valence-corrected chi connectivity index (χ2v) is 6.89. The molecular formula is C19H28N4O4. The van der Waals surface area contributed by atoms with Crippen molar-refractivity contribution in [3.8, 4) is 0 Å². The van der Waals surface area contributed by atoms with Crippen LogP contribution in [0, 0.1) is 6.92 Å². The van der Waals surface area contributed by atoms with Gasteiger partial charge >= 0.3 is 6.03 Å². The fourth-order valence-corrected chi connectivity index (χ4v) is 3.36. The number of amides is 3. The molecule has 2 saturated heterocycles. The van der Waals surface area contributed by atoms with Crippen molar-refractivity contribution in [2.45, 2.75) is 32.4 Å². The van der Waals surface area contributed by atoms with E-state index in [9.17, 15) is 9.59 Å².